The molecule has 0 unspecified atom stereocenters. The van der Waals surface area contributed by atoms with Gasteiger partial charge in [-0.2, -0.15) is 0 Å². The first-order chi connectivity index (χ1) is 13.7. The predicted molar refractivity (Wildman–Crippen MR) is 102 cm³/mol. The number of nitrogens with zero attached hydrogens (tertiary/aromatic N) is 1. The van der Waals surface area contributed by atoms with Crippen LogP contribution in [-0.4, -0.2) is 17.7 Å². The van der Waals surface area contributed by atoms with Gasteiger partial charge in [0, 0.05) is 25.5 Å². The monoisotopic (exact) mass is 379 g/mol. The van der Waals surface area contributed by atoms with E-state index in [1.807, 2.05) is 18.2 Å². The van der Waals surface area contributed by atoms with Crippen LogP contribution < -0.4 is 20.1 Å². The molecule has 0 saturated carbocycles. The second kappa shape index (κ2) is 7.96. The first-order valence-electron chi connectivity index (χ1n) is 8.77. The Balaban J connectivity index is 1.35. The number of amides is 1. The van der Waals surface area contributed by atoms with Gasteiger partial charge in [0.2, 0.25) is 6.79 Å². The fraction of sp³-hybridized carbons (Fsp3) is 0.143. The molecule has 2 aromatic carbocycles. The third kappa shape index (κ3) is 4.20. The average Bonchev–Trinajstić information content (AvgIpc) is 3.20. The molecule has 0 radical (unpaired) electrons. The highest BCUT2D eigenvalue weighted by Crippen LogP contribution is 2.32. The van der Waals surface area contributed by atoms with Crippen LogP contribution >= 0.6 is 0 Å². The van der Waals surface area contributed by atoms with Crippen LogP contribution in [0.25, 0.3) is 0 Å². The van der Waals surface area contributed by atoms with E-state index in [4.69, 9.17) is 9.47 Å². The Morgan fingerprint density at radius 1 is 0.964 bits per heavy atom. The zero-order valence-electron chi connectivity index (χ0n) is 14.9. The van der Waals surface area contributed by atoms with Crippen molar-refractivity contribution in [3.8, 4) is 11.5 Å². The summed E-state index contributed by atoms with van der Waals surface area (Å²) in [5, 5.41) is 6.05. The average molecular weight is 379 g/mol. The van der Waals surface area contributed by atoms with E-state index in [0.29, 0.717) is 35.8 Å². The van der Waals surface area contributed by atoms with E-state index in [-0.39, 0.29) is 18.5 Å². The van der Waals surface area contributed by atoms with Crippen molar-refractivity contribution in [2.75, 3.05) is 12.1 Å². The van der Waals surface area contributed by atoms with E-state index in [2.05, 4.69) is 15.6 Å². The second-order valence-electron chi connectivity index (χ2n) is 6.31. The number of ether oxygens (including phenoxy) is 2. The summed E-state index contributed by atoms with van der Waals surface area (Å²) >= 11 is 0. The Hall–Kier alpha value is -3.61. The van der Waals surface area contributed by atoms with Gasteiger partial charge < -0.3 is 20.1 Å². The number of carbonyl (C=O) groups excluding carboxylic acids is 1. The third-order valence-corrected chi connectivity index (χ3v) is 4.30. The van der Waals surface area contributed by atoms with Crippen LogP contribution in [0, 0.1) is 5.82 Å². The van der Waals surface area contributed by atoms with E-state index < -0.39 is 0 Å². The van der Waals surface area contributed by atoms with Crippen LogP contribution in [0.4, 0.5) is 10.1 Å². The molecule has 6 nitrogen and oxygen atoms in total. The SMILES string of the molecule is O=C(NCc1ccc2c(c1)OCO2)c1cncc(NCc2ccc(F)cc2)c1. The summed E-state index contributed by atoms with van der Waals surface area (Å²) in [5.74, 6) is 0.891. The molecule has 2 heterocycles. The zero-order valence-corrected chi connectivity index (χ0v) is 14.9. The van der Waals surface area contributed by atoms with E-state index in [1.54, 1.807) is 24.4 Å². The highest BCUT2D eigenvalue weighted by atomic mass is 19.1. The van der Waals surface area contributed by atoms with Crippen molar-refractivity contribution >= 4 is 11.6 Å². The lowest BCUT2D eigenvalue weighted by atomic mass is 10.2. The lowest BCUT2D eigenvalue weighted by Gasteiger charge is -2.09. The van der Waals surface area contributed by atoms with Gasteiger partial charge in [-0.15, -0.1) is 0 Å². The minimum absolute atomic E-state index is 0.217. The normalized spacial score (nSPS) is 11.9. The Kier molecular flexibility index (Phi) is 5.05. The number of nitrogens with one attached hydrogen (secondary N) is 2. The molecule has 4 rings (SSSR count). The largest absolute Gasteiger partial charge is 0.454 e. The molecule has 0 aliphatic carbocycles. The van der Waals surface area contributed by atoms with Crippen molar-refractivity contribution in [3.63, 3.8) is 0 Å². The van der Waals surface area contributed by atoms with Gasteiger partial charge in [-0.1, -0.05) is 18.2 Å². The number of anilines is 1. The smallest absolute Gasteiger partial charge is 0.253 e. The molecule has 142 valence electrons. The van der Waals surface area contributed by atoms with Gasteiger partial charge in [0.25, 0.3) is 5.91 Å². The maximum atomic E-state index is 13.0. The van der Waals surface area contributed by atoms with E-state index in [9.17, 15) is 9.18 Å². The summed E-state index contributed by atoms with van der Waals surface area (Å²) in [4.78, 5) is 16.6. The first-order valence-corrected chi connectivity index (χ1v) is 8.77. The summed E-state index contributed by atoms with van der Waals surface area (Å²) in [6.07, 6.45) is 3.15. The molecule has 2 N–H and O–H groups in total. The zero-order chi connectivity index (χ0) is 19.3. The van der Waals surface area contributed by atoms with Crippen LogP contribution in [0.15, 0.2) is 60.9 Å². The maximum absolute atomic E-state index is 13.0. The van der Waals surface area contributed by atoms with Gasteiger partial charge in [0.15, 0.2) is 11.5 Å². The number of benzene rings is 2. The molecule has 28 heavy (non-hydrogen) atoms. The van der Waals surface area contributed by atoms with Crippen LogP contribution in [0.1, 0.15) is 21.5 Å². The van der Waals surface area contributed by atoms with Crippen LogP contribution in [-0.2, 0) is 13.1 Å². The van der Waals surface area contributed by atoms with Gasteiger partial charge in [0.1, 0.15) is 5.82 Å². The number of hydrogen-bond donors (Lipinski definition) is 2. The molecular weight excluding hydrogens is 361 g/mol. The Labute approximate surface area is 161 Å². The third-order valence-electron chi connectivity index (χ3n) is 4.30. The minimum atomic E-state index is -0.272. The Morgan fingerprint density at radius 2 is 1.75 bits per heavy atom. The number of carbonyl (C=O) groups is 1. The molecule has 1 amide bonds. The van der Waals surface area contributed by atoms with Crippen molar-refractivity contribution in [2.45, 2.75) is 13.1 Å². The Morgan fingerprint density at radius 3 is 2.61 bits per heavy atom. The summed E-state index contributed by atoms with van der Waals surface area (Å²) in [7, 11) is 0. The number of aromatic nitrogens is 1. The standard InChI is InChI=1S/C21H18FN3O3/c22-17-4-1-14(2-5-17)9-24-18-8-16(11-23-12-18)21(26)25-10-15-3-6-19-20(7-15)28-13-27-19/h1-8,11-12,24H,9-10,13H2,(H,25,26). The minimum Gasteiger partial charge on any atom is -0.454 e. The van der Waals surface area contributed by atoms with Crippen molar-refractivity contribution in [1.82, 2.24) is 10.3 Å². The van der Waals surface area contributed by atoms with E-state index in [0.717, 1.165) is 11.1 Å². The lowest BCUT2D eigenvalue weighted by Crippen LogP contribution is -2.23. The van der Waals surface area contributed by atoms with Gasteiger partial charge in [0.05, 0.1) is 11.3 Å². The fourth-order valence-corrected chi connectivity index (χ4v) is 2.80. The molecular formula is C21H18FN3O3. The Bertz CT molecular complexity index is 992. The summed E-state index contributed by atoms with van der Waals surface area (Å²) in [6, 6.07) is 13.5. The highest BCUT2D eigenvalue weighted by Gasteiger charge is 2.14. The number of rotatable bonds is 6. The number of hydrogen-bond acceptors (Lipinski definition) is 5. The van der Waals surface area contributed by atoms with E-state index >= 15 is 0 Å². The first kappa shape index (κ1) is 17.8. The number of pyridine rings is 1. The fourth-order valence-electron chi connectivity index (χ4n) is 2.80. The summed E-state index contributed by atoms with van der Waals surface area (Å²) < 4.78 is 23.6. The van der Waals surface area contributed by atoms with Gasteiger partial charge in [-0.25, -0.2) is 4.39 Å². The molecule has 0 saturated heterocycles. The highest BCUT2D eigenvalue weighted by molar-refractivity contribution is 5.94. The van der Waals surface area contributed by atoms with Crippen molar-refractivity contribution < 1.29 is 18.7 Å². The molecule has 0 spiro atoms. The molecule has 1 aromatic heterocycles. The van der Waals surface area contributed by atoms with Crippen LogP contribution in [0.5, 0.6) is 11.5 Å². The lowest BCUT2D eigenvalue weighted by molar-refractivity contribution is 0.0950. The molecule has 3 aromatic rings. The number of halogens is 1. The molecule has 0 bridgehead atoms. The van der Waals surface area contributed by atoms with Crippen molar-refractivity contribution in [1.29, 1.82) is 0 Å². The molecule has 0 atom stereocenters. The molecule has 0 fully saturated rings. The van der Waals surface area contributed by atoms with Gasteiger partial charge >= 0.3 is 0 Å². The van der Waals surface area contributed by atoms with Gasteiger partial charge in [-0.05, 0) is 41.5 Å². The van der Waals surface area contributed by atoms with Gasteiger partial charge in [-0.3, -0.25) is 9.78 Å². The summed E-state index contributed by atoms with van der Waals surface area (Å²) in [5.41, 5.74) is 3.00. The maximum Gasteiger partial charge on any atom is 0.253 e. The molecule has 7 heteroatoms. The van der Waals surface area contributed by atoms with Crippen LogP contribution in [0.3, 0.4) is 0 Å². The second-order valence-corrected chi connectivity index (χ2v) is 6.31. The topological polar surface area (TPSA) is 72.5 Å². The molecule has 1 aliphatic rings. The van der Waals surface area contributed by atoms with Crippen molar-refractivity contribution in [2.24, 2.45) is 0 Å². The van der Waals surface area contributed by atoms with E-state index in [1.165, 1.54) is 18.3 Å². The molecule has 1 aliphatic heterocycles. The quantitative estimate of drug-likeness (QED) is 0.686. The summed E-state index contributed by atoms with van der Waals surface area (Å²) in [6.45, 7) is 1.08. The number of fused-ring (bicyclic) bond motifs is 1. The van der Waals surface area contributed by atoms with Crippen LogP contribution in [0.2, 0.25) is 0 Å². The predicted octanol–water partition coefficient (Wildman–Crippen LogP) is 3.49. The van der Waals surface area contributed by atoms with Crippen molar-refractivity contribution in [3.05, 3.63) is 83.4 Å².